The first-order chi connectivity index (χ1) is 12.7. The van der Waals surface area contributed by atoms with Crippen molar-refractivity contribution in [2.75, 3.05) is 10.2 Å². The summed E-state index contributed by atoms with van der Waals surface area (Å²) in [6.45, 7) is 4.82. The van der Waals surface area contributed by atoms with Crippen LogP contribution in [0.4, 0.5) is 11.4 Å². The van der Waals surface area contributed by atoms with E-state index in [1.807, 2.05) is 0 Å². The number of aryl methyl sites for hydroxylation is 1. The zero-order chi connectivity index (χ0) is 19.9. The van der Waals surface area contributed by atoms with Gasteiger partial charge in [0.25, 0.3) is 11.7 Å². The van der Waals surface area contributed by atoms with E-state index in [2.05, 4.69) is 21.2 Å². The molecule has 0 saturated heterocycles. The molecule has 2 aromatic carbocycles. The fourth-order valence-corrected chi connectivity index (χ4v) is 3.65. The van der Waals surface area contributed by atoms with Crippen LogP contribution in [0.1, 0.15) is 40.1 Å². The lowest BCUT2D eigenvalue weighted by atomic mass is 10.1. The molecule has 0 saturated carbocycles. The van der Waals surface area contributed by atoms with Crippen molar-refractivity contribution in [2.24, 2.45) is 0 Å². The lowest BCUT2D eigenvalue weighted by Gasteiger charge is -2.25. The summed E-state index contributed by atoms with van der Waals surface area (Å²) in [5, 5.41) is 2.72. The summed E-state index contributed by atoms with van der Waals surface area (Å²) in [5.41, 5.74) is 2.52. The first kappa shape index (κ1) is 19.0. The van der Waals surface area contributed by atoms with Crippen LogP contribution in [-0.2, 0) is 9.59 Å². The lowest BCUT2D eigenvalue weighted by Crippen LogP contribution is -2.45. The number of fused-ring (bicyclic) bond motifs is 1. The number of amides is 2. The number of nitrogens with zero attached hydrogens (tertiary/aromatic N) is 1. The number of hydrogen-bond acceptors (Lipinski definition) is 4. The molecule has 7 heteroatoms. The van der Waals surface area contributed by atoms with Crippen molar-refractivity contribution in [3.05, 3.63) is 57.6 Å². The molecule has 0 aromatic heterocycles. The minimum absolute atomic E-state index is 0.0688. The highest BCUT2D eigenvalue weighted by molar-refractivity contribution is 9.10. The highest BCUT2D eigenvalue weighted by Crippen LogP contribution is 2.36. The number of rotatable bonds is 4. The topological polar surface area (TPSA) is 83.6 Å². The molecular weight excluding hydrogens is 412 g/mol. The third-order valence-electron chi connectivity index (χ3n) is 4.49. The molecule has 0 fully saturated rings. The minimum Gasteiger partial charge on any atom is -0.324 e. The largest absolute Gasteiger partial charge is 0.324 e. The monoisotopic (exact) mass is 428 g/mol. The Kier molecular flexibility index (Phi) is 4.97. The maximum atomic E-state index is 12.7. The van der Waals surface area contributed by atoms with E-state index in [4.69, 9.17) is 0 Å². The van der Waals surface area contributed by atoms with Crippen molar-refractivity contribution in [3.8, 4) is 0 Å². The Morgan fingerprint density at radius 1 is 1.11 bits per heavy atom. The second-order valence-electron chi connectivity index (χ2n) is 6.42. The smallest absolute Gasteiger partial charge is 0.300 e. The van der Waals surface area contributed by atoms with Gasteiger partial charge in [0.1, 0.15) is 6.04 Å². The first-order valence-corrected chi connectivity index (χ1v) is 9.10. The van der Waals surface area contributed by atoms with E-state index >= 15 is 0 Å². The molecule has 6 nitrogen and oxygen atoms in total. The second kappa shape index (κ2) is 7.08. The number of Topliss-reactive ketones (excluding diaryl/α,β-unsaturated/α-hetero) is 2. The Morgan fingerprint density at radius 2 is 1.74 bits per heavy atom. The summed E-state index contributed by atoms with van der Waals surface area (Å²) in [4.78, 5) is 50.0. The van der Waals surface area contributed by atoms with Crippen molar-refractivity contribution in [1.82, 2.24) is 0 Å². The molecule has 0 spiro atoms. The predicted molar refractivity (Wildman–Crippen MR) is 105 cm³/mol. The van der Waals surface area contributed by atoms with E-state index in [1.54, 1.807) is 50.2 Å². The van der Waals surface area contributed by atoms with Gasteiger partial charge in [-0.2, -0.15) is 0 Å². The number of anilines is 2. The summed E-state index contributed by atoms with van der Waals surface area (Å²) in [5.74, 6) is -1.84. The standard InChI is InChI=1S/C20H17BrN2O4/c1-10-8-14(21)9-16-17(10)23(20(27)18(16)25)11(2)19(26)22-15-6-4-13(5-7-15)12(3)24/h4-9,11H,1-3H3,(H,22,26). The van der Waals surface area contributed by atoms with Crippen LogP contribution in [-0.4, -0.2) is 29.4 Å². The number of halogens is 1. The third-order valence-corrected chi connectivity index (χ3v) is 4.95. The number of carbonyl (C=O) groups excluding carboxylic acids is 4. The van der Waals surface area contributed by atoms with Crippen LogP contribution in [0.3, 0.4) is 0 Å². The molecule has 1 aliphatic rings. The van der Waals surface area contributed by atoms with Crippen molar-refractivity contribution in [1.29, 1.82) is 0 Å². The number of nitrogens with one attached hydrogen (secondary N) is 1. The molecule has 1 heterocycles. The molecule has 1 aliphatic heterocycles. The van der Waals surface area contributed by atoms with Gasteiger partial charge < -0.3 is 5.32 Å². The Morgan fingerprint density at radius 3 is 2.33 bits per heavy atom. The summed E-state index contributed by atoms with van der Waals surface area (Å²) in [6, 6.07) is 8.98. The van der Waals surface area contributed by atoms with Gasteiger partial charge in [-0.1, -0.05) is 15.9 Å². The predicted octanol–water partition coefficient (Wildman–Crippen LogP) is 3.52. The molecule has 138 valence electrons. The van der Waals surface area contributed by atoms with Crippen LogP contribution in [0.2, 0.25) is 0 Å². The zero-order valence-electron chi connectivity index (χ0n) is 15.0. The molecule has 1 atom stereocenters. The molecule has 27 heavy (non-hydrogen) atoms. The quantitative estimate of drug-likeness (QED) is 0.596. The fourth-order valence-electron chi connectivity index (χ4n) is 3.08. The van der Waals surface area contributed by atoms with Crippen LogP contribution < -0.4 is 10.2 Å². The highest BCUT2D eigenvalue weighted by atomic mass is 79.9. The van der Waals surface area contributed by atoms with Gasteiger partial charge in [0.15, 0.2) is 5.78 Å². The Labute approximate surface area is 164 Å². The van der Waals surface area contributed by atoms with Crippen LogP contribution in [0, 0.1) is 6.92 Å². The lowest BCUT2D eigenvalue weighted by molar-refractivity contribution is -0.120. The molecule has 3 rings (SSSR count). The number of hydrogen-bond donors (Lipinski definition) is 1. The van der Waals surface area contributed by atoms with Gasteiger partial charge >= 0.3 is 0 Å². The molecular formula is C20H17BrN2O4. The average Bonchev–Trinajstić information content (AvgIpc) is 2.86. The zero-order valence-corrected chi connectivity index (χ0v) is 16.6. The maximum Gasteiger partial charge on any atom is 0.300 e. The SMILES string of the molecule is CC(=O)c1ccc(NC(=O)C(C)N2C(=O)C(=O)c3cc(Br)cc(C)c32)cc1. The summed E-state index contributed by atoms with van der Waals surface area (Å²) in [6.07, 6.45) is 0. The van der Waals surface area contributed by atoms with E-state index in [-0.39, 0.29) is 11.3 Å². The fraction of sp³-hybridized carbons (Fsp3) is 0.200. The minimum atomic E-state index is -0.880. The van der Waals surface area contributed by atoms with Crippen molar-refractivity contribution in [2.45, 2.75) is 26.8 Å². The van der Waals surface area contributed by atoms with Crippen LogP contribution in [0.25, 0.3) is 0 Å². The third kappa shape index (κ3) is 3.42. The van der Waals surface area contributed by atoms with Crippen molar-refractivity contribution in [3.63, 3.8) is 0 Å². The van der Waals surface area contributed by atoms with Gasteiger partial charge in [-0.15, -0.1) is 0 Å². The average molecular weight is 429 g/mol. The number of carbonyl (C=O) groups is 4. The summed E-state index contributed by atoms with van der Waals surface area (Å²) in [7, 11) is 0. The van der Waals surface area contributed by atoms with E-state index in [0.717, 1.165) is 5.56 Å². The highest BCUT2D eigenvalue weighted by Gasteiger charge is 2.41. The van der Waals surface area contributed by atoms with Crippen LogP contribution in [0.15, 0.2) is 40.9 Å². The molecule has 2 aromatic rings. The van der Waals surface area contributed by atoms with Gasteiger partial charge in [0.05, 0.1) is 11.3 Å². The Bertz CT molecular complexity index is 982. The van der Waals surface area contributed by atoms with Crippen LogP contribution >= 0.6 is 15.9 Å². The normalized spacial score (nSPS) is 14.1. The van der Waals surface area contributed by atoms with Crippen molar-refractivity contribution < 1.29 is 19.2 Å². The molecule has 1 unspecified atom stereocenters. The maximum absolute atomic E-state index is 12.7. The number of ketones is 2. The van der Waals surface area contributed by atoms with E-state index in [1.165, 1.54) is 11.8 Å². The Hall–Kier alpha value is -2.80. The Balaban J connectivity index is 1.86. The van der Waals surface area contributed by atoms with E-state index in [0.29, 0.717) is 21.4 Å². The van der Waals surface area contributed by atoms with Crippen molar-refractivity contribution >= 4 is 50.7 Å². The molecule has 0 radical (unpaired) electrons. The van der Waals surface area contributed by atoms with E-state index in [9.17, 15) is 19.2 Å². The van der Waals surface area contributed by atoms with Gasteiger partial charge in [-0.3, -0.25) is 24.1 Å². The summed E-state index contributed by atoms with van der Waals surface area (Å²) >= 11 is 3.32. The second-order valence-corrected chi connectivity index (χ2v) is 7.34. The van der Waals surface area contributed by atoms with Gasteiger partial charge in [0.2, 0.25) is 5.91 Å². The summed E-state index contributed by atoms with van der Waals surface area (Å²) < 4.78 is 0.699. The van der Waals surface area contributed by atoms with Gasteiger partial charge in [-0.05, 0) is 62.7 Å². The van der Waals surface area contributed by atoms with E-state index < -0.39 is 23.6 Å². The molecule has 2 amide bonds. The van der Waals surface area contributed by atoms with Crippen LogP contribution in [0.5, 0.6) is 0 Å². The molecule has 0 aliphatic carbocycles. The van der Waals surface area contributed by atoms with Gasteiger partial charge in [0, 0.05) is 15.7 Å². The molecule has 1 N–H and O–H groups in total. The molecule has 0 bridgehead atoms. The first-order valence-electron chi connectivity index (χ1n) is 8.30. The van der Waals surface area contributed by atoms with Gasteiger partial charge in [-0.25, -0.2) is 0 Å². The number of benzene rings is 2.